The molecule has 1 saturated carbocycles. The van der Waals surface area contributed by atoms with Crippen LogP contribution in [0.3, 0.4) is 0 Å². The summed E-state index contributed by atoms with van der Waals surface area (Å²) in [5.41, 5.74) is 2.36. The van der Waals surface area contributed by atoms with Gasteiger partial charge in [-0.2, -0.15) is 0 Å². The molecule has 0 radical (unpaired) electrons. The summed E-state index contributed by atoms with van der Waals surface area (Å²) >= 11 is 3.55. The van der Waals surface area contributed by atoms with Crippen LogP contribution in [0.5, 0.6) is 0 Å². The molecule has 0 amide bonds. The van der Waals surface area contributed by atoms with E-state index < -0.39 is 0 Å². The van der Waals surface area contributed by atoms with Crippen LogP contribution in [0.4, 0.5) is 0 Å². The van der Waals surface area contributed by atoms with Crippen molar-refractivity contribution >= 4 is 15.9 Å². The molecule has 0 spiro atoms. The summed E-state index contributed by atoms with van der Waals surface area (Å²) < 4.78 is 3.30. The lowest BCUT2D eigenvalue weighted by molar-refractivity contribution is 0.746. The van der Waals surface area contributed by atoms with Crippen molar-refractivity contribution in [1.29, 1.82) is 0 Å². The van der Waals surface area contributed by atoms with E-state index in [9.17, 15) is 0 Å². The van der Waals surface area contributed by atoms with E-state index in [0.717, 1.165) is 15.9 Å². The van der Waals surface area contributed by atoms with E-state index in [0.29, 0.717) is 6.04 Å². The molecule has 0 bridgehead atoms. The Bertz CT molecular complexity index is 529. The number of hydrogen-bond acceptors (Lipinski definition) is 2. The lowest BCUT2D eigenvalue weighted by Gasteiger charge is -2.06. The largest absolute Gasteiger partial charge is 0.310 e. The molecule has 1 aliphatic rings. The van der Waals surface area contributed by atoms with Gasteiger partial charge in [-0.1, -0.05) is 28.1 Å². The Labute approximate surface area is 103 Å². The van der Waals surface area contributed by atoms with Crippen LogP contribution in [-0.2, 0) is 0 Å². The van der Waals surface area contributed by atoms with E-state index in [1.165, 1.54) is 18.4 Å². The van der Waals surface area contributed by atoms with Crippen LogP contribution < -0.4 is 0 Å². The number of benzene rings is 1. The maximum absolute atomic E-state index is 4.21. The maximum atomic E-state index is 4.21. The van der Waals surface area contributed by atoms with Crippen molar-refractivity contribution in [2.45, 2.75) is 25.8 Å². The van der Waals surface area contributed by atoms with Gasteiger partial charge in [0.05, 0.1) is 0 Å². The SMILES string of the molecule is Cc1ccc(-c2nncn2C2CC2)cc1Br. The Kier molecular flexibility index (Phi) is 2.32. The number of rotatable bonds is 2. The molecule has 0 aliphatic heterocycles. The second-order valence-corrected chi connectivity index (χ2v) is 5.11. The normalized spacial score (nSPS) is 15.4. The fourth-order valence-corrected chi connectivity index (χ4v) is 2.18. The highest BCUT2D eigenvalue weighted by Gasteiger charge is 2.26. The lowest BCUT2D eigenvalue weighted by Crippen LogP contribution is -1.96. The Balaban J connectivity index is 2.07. The van der Waals surface area contributed by atoms with Crippen LogP contribution in [0.25, 0.3) is 11.4 Å². The molecule has 1 aromatic heterocycles. The van der Waals surface area contributed by atoms with E-state index in [1.807, 2.05) is 6.33 Å². The molecule has 0 N–H and O–H groups in total. The van der Waals surface area contributed by atoms with Gasteiger partial charge >= 0.3 is 0 Å². The van der Waals surface area contributed by atoms with Gasteiger partial charge in [0.15, 0.2) is 5.82 Å². The first-order chi connectivity index (χ1) is 7.75. The molecule has 0 unspecified atom stereocenters. The quantitative estimate of drug-likeness (QED) is 0.843. The lowest BCUT2D eigenvalue weighted by atomic mass is 10.1. The van der Waals surface area contributed by atoms with Crippen LogP contribution in [0.1, 0.15) is 24.4 Å². The van der Waals surface area contributed by atoms with Gasteiger partial charge in [-0.25, -0.2) is 0 Å². The summed E-state index contributed by atoms with van der Waals surface area (Å²) in [4.78, 5) is 0. The highest BCUT2D eigenvalue weighted by molar-refractivity contribution is 9.10. The monoisotopic (exact) mass is 277 g/mol. The van der Waals surface area contributed by atoms with Gasteiger partial charge in [-0.3, -0.25) is 0 Å². The van der Waals surface area contributed by atoms with Gasteiger partial charge < -0.3 is 4.57 Å². The van der Waals surface area contributed by atoms with Crippen molar-refractivity contribution in [3.05, 3.63) is 34.6 Å². The fraction of sp³-hybridized carbons (Fsp3) is 0.333. The Morgan fingerprint density at radius 3 is 2.88 bits per heavy atom. The van der Waals surface area contributed by atoms with Crippen molar-refractivity contribution < 1.29 is 0 Å². The molecule has 4 heteroatoms. The van der Waals surface area contributed by atoms with Crippen molar-refractivity contribution in [3.63, 3.8) is 0 Å². The molecule has 82 valence electrons. The molecular formula is C12H12BrN3. The number of nitrogens with zero attached hydrogens (tertiary/aromatic N) is 3. The van der Waals surface area contributed by atoms with E-state index in [2.05, 4.69) is 55.8 Å². The zero-order chi connectivity index (χ0) is 11.1. The standard InChI is InChI=1S/C12H12BrN3/c1-8-2-3-9(6-11(8)13)12-15-14-7-16(12)10-4-5-10/h2-3,6-7,10H,4-5H2,1H3. The van der Waals surface area contributed by atoms with Gasteiger partial charge in [0, 0.05) is 16.1 Å². The number of aromatic nitrogens is 3. The van der Waals surface area contributed by atoms with Crippen LogP contribution in [-0.4, -0.2) is 14.8 Å². The summed E-state index contributed by atoms with van der Waals surface area (Å²) in [5, 5.41) is 8.22. The van der Waals surface area contributed by atoms with Crippen LogP contribution >= 0.6 is 15.9 Å². The van der Waals surface area contributed by atoms with Crippen molar-refractivity contribution in [2.24, 2.45) is 0 Å². The molecule has 3 nitrogen and oxygen atoms in total. The van der Waals surface area contributed by atoms with E-state index >= 15 is 0 Å². The van der Waals surface area contributed by atoms with Gasteiger partial charge in [0.2, 0.25) is 0 Å². The highest BCUT2D eigenvalue weighted by atomic mass is 79.9. The molecule has 1 aliphatic carbocycles. The van der Waals surface area contributed by atoms with E-state index in [-0.39, 0.29) is 0 Å². The molecule has 1 aromatic carbocycles. The van der Waals surface area contributed by atoms with Gasteiger partial charge in [0.1, 0.15) is 6.33 Å². The third kappa shape index (κ3) is 1.67. The molecule has 3 rings (SSSR count). The summed E-state index contributed by atoms with van der Waals surface area (Å²) in [6, 6.07) is 6.93. The maximum Gasteiger partial charge on any atom is 0.164 e. The first kappa shape index (κ1) is 10.0. The summed E-state index contributed by atoms with van der Waals surface area (Å²) in [7, 11) is 0. The fourth-order valence-electron chi connectivity index (χ4n) is 1.80. The van der Waals surface area contributed by atoms with Crippen molar-refractivity contribution in [2.75, 3.05) is 0 Å². The minimum absolute atomic E-state index is 0.616. The third-order valence-electron chi connectivity index (χ3n) is 2.94. The minimum Gasteiger partial charge on any atom is -0.310 e. The van der Waals surface area contributed by atoms with E-state index in [1.54, 1.807) is 0 Å². The van der Waals surface area contributed by atoms with E-state index in [4.69, 9.17) is 0 Å². The molecular weight excluding hydrogens is 266 g/mol. The first-order valence-electron chi connectivity index (χ1n) is 5.42. The molecule has 2 aromatic rings. The van der Waals surface area contributed by atoms with Crippen LogP contribution in [0.2, 0.25) is 0 Å². The molecule has 0 atom stereocenters. The summed E-state index contributed by atoms with van der Waals surface area (Å²) in [5.74, 6) is 0.975. The molecule has 1 fully saturated rings. The number of halogens is 1. The molecule has 1 heterocycles. The zero-order valence-corrected chi connectivity index (χ0v) is 10.6. The second kappa shape index (κ2) is 3.70. The predicted octanol–water partition coefficient (Wildman–Crippen LogP) is 3.35. The highest BCUT2D eigenvalue weighted by Crippen LogP contribution is 2.37. The smallest absolute Gasteiger partial charge is 0.164 e. The number of hydrogen-bond donors (Lipinski definition) is 0. The van der Waals surface area contributed by atoms with Crippen LogP contribution in [0, 0.1) is 6.92 Å². The topological polar surface area (TPSA) is 30.7 Å². The average molecular weight is 278 g/mol. The molecule has 16 heavy (non-hydrogen) atoms. The number of aryl methyl sites for hydroxylation is 1. The summed E-state index contributed by atoms with van der Waals surface area (Å²) in [6.07, 6.45) is 4.33. The predicted molar refractivity (Wildman–Crippen MR) is 66.2 cm³/mol. The van der Waals surface area contributed by atoms with Crippen molar-refractivity contribution in [3.8, 4) is 11.4 Å². The summed E-state index contributed by atoms with van der Waals surface area (Å²) in [6.45, 7) is 2.08. The van der Waals surface area contributed by atoms with Gasteiger partial charge in [-0.05, 0) is 31.4 Å². The molecule has 0 saturated heterocycles. The van der Waals surface area contributed by atoms with Crippen molar-refractivity contribution in [1.82, 2.24) is 14.8 Å². The third-order valence-corrected chi connectivity index (χ3v) is 3.80. The second-order valence-electron chi connectivity index (χ2n) is 4.26. The Morgan fingerprint density at radius 1 is 1.38 bits per heavy atom. The minimum atomic E-state index is 0.616. The Hall–Kier alpha value is -1.16. The van der Waals surface area contributed by atoms with Crippen LogP contribution in [0.15, 0.2) is 29.0 Å². The Morgan fingerprint density at radius 2 is 2.19 bits per heavy atom. The zero-order valence-electron chi connectivity index (χ0n) is 9.02. The van der Waals surface area contributed by atoms with Gasteiger partial charge in [-0.15, -0.1) is 10.2 Å². The first-order valence-corrected chi connectivity index (χ1v) is 6.21. The average Bonchev–Trinajstić information content (AvgIpc) is 3.01. The van der Waals surface area contributed by atoms with Gasteiger partial charge in [0.25, 0.3) is 0 Å².